The molecule has 2 heterocycles. The smallest absolute Gasteiger partial charge is 0.284 e. The van der Waals surface area contributed by atoms with E-state index in [1.165, 1.54) is 0 Å². The minimum atomic E-state index is -0.315. The second-order valence-corrected chi connectivity index (χ2v) is 8.32. The van der Waals surface area contributed by atoms with Crippen molar-refractivity contribution in [3.8, 4) is 0 Å². The molecule has 3 rings (SSSR count). The van der Waals surface area contributed by atoms with Crippen molar-refractivity contribution >= 4 is 23.4 Å². The van der Waals surface area contributed by atoms with Gasteiger partial charge in [0, 0.05) is 19.1 Å². The summed E-state index contributed by atoms with van der Waals surface area (Å²) in [6.45, 7) is 9.69. The number of amidine groups is 1. The van der Waals surface area contributed by atoms with Crippen molar-refractivity contribution in [2.45, 2.75) is 52.2 Å². The number of hydrogen-bond acceptors (Lipinski definition) is 5. The molecule has 1 aliphatic heterocycles. The van der Waals surface area contributed by atoms with Crippen LogP contribution in [0, 0.1) is 24.2 Å². The first-order valence-corrected chi connectivity index (χ1v) is 8.88. The Morgan fingerprint density at radius 2 is 1.92 bits per heavy atom. The molecule has 7 heteroatoms. The van der Waals surface area contributed by atoms with Crippen LogP contribution in [0.25, 0.3) is 0 Å². The molecule has 6 nitrogen and oxygen atoms in total. The standard InChI is InChI=1S/C17H26ClN5O/c1-10-5-14(21-22-15(10)18)20-13-6-11-8-23(9-12(11)7-13)16(19)24-17(2,3)4/h5,11-13,19H,6-9H2,1-4H3,(H,20,21)/t11-,12?,13?/m1/s1. The average Bonchev–Trinajstić information content (AvgIpc) is 2.99. The number of nitrogens with zero attached hydrogens (tertiary/aromatic N) is 3. The molecule has 1 aliphatic carbocycles. The summed E-state index contributed by atoms with van der Waals surface area (Å²) in [6.07, 6.45) is 2.18. The molecule has 2 aliphatic rings. The molecule has 1 saturated heterocycles. The quantitative estimate of drug-likeness (QED) is 0.631. The van der Waals surface area contributed by atoms with E-state index >= 15 is 0 Å². The second kappa shape index (κ2) is 6.39. The predicted molar refractivity (Wildman–Crippen MR) is 95.5 cm³/mol. The van der Waals surface area contributed by atoms with Gasteiger partial charge >= 0.3 is 0 Å². The van der Waals surface area contributed by atoms with E-state index in [4.69, 9.17) is 21.7 Å². The summed E-state index contributed by atoms with van der Waals surface area (Å²) < 4.78 is 5.70. The van der Waals surface area contributed by atoms with Gasteiger partial charge in [-0.3, -0.25) is 5.41 Å². The third kappa shape index (κ3) is 3.91. The van der Waals surface area contributed by atoms with Crippen molar-refractivity contribution in [2.75, 3.05) is 18.4 Å². The summed E-state index contributed by atoms with van der Waals surface area (Å²) in [4.78, 5) is 2.07. The summed E-state index contributed by atoms with van der Waals surface area (Å²) in [5.74, 6) is 2.00. The monoisotopic (exact) mass is 351 g/mol. The predicted octanol–water partition coefficient (Wildman–Crippen LogP) is 3.31. The first-order valence-electron chi connectivity index (χ1n) is 8.50. The number of nitrogens with one attached hydrogen (secondary N) is 2. The highest BCUT2D eigenvalue weighted by molar-refractivity contribution is 6.30. The Bertz CT molecular complexity index is 616. The lowest BCUT2D eigenvalue weighted by atomic mass is 10.0. The van der Waals surface area contributed by atoms with Crippen LogP contribution in [0.15, 0.2) is 6.07 Å². The average molecular weight is 352 g/mol. The molecular weight excluding hydrogens is 326 g/mol. The minimum absolute atomic E-state index is 0.306. The fraction of sp³-hybridized carbons (Fsp3) is 0.706. The number of likely N-dealkylation sites (tertiary alicyclic amines) is 1. The van der Waals surface area contributed by atoms with E-state index in [1.54, 1.807) is 0 Å². The number of aromatic nitrogens is 2. The van der Waals surface area contributed by atoms with Crippen molar-refractivity contribution in [1.29, 1.82) is 5.41 Å². The van der Waals surface area contributed by atoms with Gasteiger partial charge < -0.3 is 15.0 Å². The zero-order valence-corrected chi connectivity index (χ0v) is 15.5. The Kier molecular flexibility index (Phi) is 4.60. The van der Waals surface area contributed by atoms with E-state index < -0.39 is 0 Å². The van der Waals surface area contributed by atoms with Gasteiger partial charge in [0.1, 0.15) is 11.4 Å². The van der Waals surface area contributed by atoms with Crippen LogP contribution in [0.5, 0.6) is 0 Å². The molecule has 1 aromatic rings. The lowest BCUT2D eigenvalue weighted by Crippen LogP contribution is -2.37. The van der Waals surface area contributed by atoms with Gasteiger partial charge in [-0.2, -0.15) is 0 Å². The molecule has 24 heavy (non-hydrogen) atoms. The van der Waals surface area contributed by atoms with Crippen LogP contribution in [0.3, 0.4) is 0 Å². The van der Waals surface area contributed by atoms with E-state index in [2.05, 4.69) is 20.4 Å². The van der Waals surface area contributed by atoms with Crippen molar-refractivity contribution in [3.63, 3.8) is 0 Å². The van der Waals surface area contributed by atoms with Gasteiger partial charge in [0.25, 0.3) is 6.02 Å². The lowest BCUT2D eigenvalue weighted by Gasteiger charge is -2.27. The maximum absolute atomic E-state index is 8.15. The van der Waals surface area contributed by atoms with Gasteiger partial charge in [0.2, 0.25) is 0 Å². The maximum atomic E-state index is 8.15. The highest BCUT2D eigenvalue weighted by atomic mass is 35.5. The summed E-state index contributed by atoms with van der Waals surface area (Å²) in [7, 11) is 0. The zero-order chi connectivity index (χ0) is 17.5. The molecule has 2 N–H and O–H groups in total. The summed E-state index contributed by atoms with van der Waals surface area (Å²) in [6, 6.07) is 2.66. The van der Waals surface area contributed by atoms with Crippen molar-refractivity contribution in [3.05, 3.63) is 16.8 Å². The van der Waals surface area contributed by atoms with Crippen LogP contribution < -0.4 is 5.32 Å². The van der Waals surface area contributed by atoms with Crippen molar-refractivity contribution < 1.29 is 4.74 Å². The molecule has 0 aromatic carbocycles. The third-order valence-electron chi connectivity index (χ3n) is 4.72. The number of ether oxygens (including phenoxy) is 1. The molecule has 0 amide bonds. The zero-order valence-electron chi connectivity index (χ0n) is 14.8. The van der Waals surface area contributed by atoms with E-state index in [-0.39, 0.29) is 5.60 Å². The summed E-state index contributed by atoms with van der Waals surface area (Å²) in [5.41, 5.74) is 0.621. The van der Waals surface area contributed by atoms with E-state index in [1.807, 2.05) is 33.8 Å². The molecule has 3 atom stereocenters. The lowest BCUT2D eigenvalue weighted by molar-refractivity contribution is 0.0874. The second-order valence-electron chi connectivity index (χ2n) is 7.96. The molecule has 0 radical (unpaired) electrons. The fourth-order valence-corrected chi connectivity index (χ4v) is 3.78. The Balaban J connectivity index is 1.53. The maximum Gasteiger partial charge on any atom is 0.284 e. The van der Waals surface area contributed by atoms with Crippen LogP contribution in [0.1, 0.15) is 39.2 Å². The SMILES string of the molecule is Cc1cc(NC2CC3CN(C(=N)OC(C)(C)C)C[C@H]3C2)nnc1Cl. The number of hydrogen-bond donors (Lipinski definition) is 2. The van der Waals surface area contributed by atoms with Crippen LogP contribution in [-0.2, 0) is 4.74 Å². The molecule has 1 saturated carbocycles. The fourth-order valence-electron chi connectivity index (χ4n) is 3.69. The molecule has 2 fully saturated rings. The number of rotatable bonds is 2. The summed E-state index contributed by atoms with van der Waals surface area (Å²) >= 11 is 5.93. The third-order valence-corrected chi connectivity index (χ3v) is 5.09. The first kappa shape index (κ1) is 17.3. The van der Waals surface area contributed by atoms with E-state index in [9.17, 15) is 0 Å². The molecule has 2 unspecified atom stereocenters. The van der Waals surface area contributed by atoms with E-state index in [0.717, 1.165) is 37.3 Å². The van der Waals surface area contributed by atoms with Gasteiger partial charge in [-0.25, -0.2) is 0 Å². The van der Waals surface area contributed by atoms with Gasteiger partial charge in [0.15, 0.2) is 5.15 Å². The Morgan fingerprint density at radius 1 is 1.29 bits per heavy atom. The summed E-state index contributed by atoms with van der Waals surface area (Å²) in [5, 5.41) is 20.2. The molecular formula is C17H26ClN5O. The largest absolute Gasteiger partial charge is 0.460 e. The van der Waals surface area contributed by atoms with Gasteiger partial charge in [-0.15, -0.1) is 10.2 Å². The number of anilines is 1. The highest BCUT2D eigenvalue weighted by Crippen LogP contribution is 2.39. The highest BCUT2D eigenvalue weighted by Gasteiger charge is 2.42. The van der Waals surface area contributed by atoms with Crippen molar-refractivity contribution in [1.82, 2.24) is 15.1 Å². The Hall–Kier alpha value is -1.56. The number of fused-ring (bicyclic) bond motifs is 1. The minimum Gasteiger partial charge on any atom is -0.460 e. The Morgan fingerprint density at radius 3 is 2.46 bits per heavy atom. The van der Waals surface area contributed by atoms with Crippen molar-refractivity contribution in [2.24, 2.45) is 11.8 Å². The molecule has 1 aromatic heterocycles. The number of halogens is 1. The topological polar surface area (TPSA) is 74.1 Å². The normalized spacial score (nSPS) is 26.4. The molecule has 0 bridgehead atoms. The van der Waals surface area contributed by atoms with Gasteiger partial charge in [-0.1, -0.05) is 11.6 Å². The van der Waals surface area contributed by atoms with Gasteiger partial charge in [-0.05, 0) is 64.0 Å². The number of aryl methyl sites for hydroxylation is 1. The van der Waals surface area contributed by atoms with E-state index in [0.29, 0.717) is 29.1 Å². The molecule has 132 valence electrons. The molecule has 0 spiro atoms. The van der Waals surface area contributed by atoms with Crippen LogP contribution >= 0.6 is 11.6 Å². The Labute approximate surface area is 148 Å². The van der Waals surface area contributed by atoms with Crippen LogP contribution in [-0.4, -0.2) is 45.9 Å². The van der Waals surface area contributed by atoms with Crippen LogP contribution in [0.4, 0.5) is 5.82 Å². The first-order chi connectivity index (χ1) is 11.2. The van der Waals surface area contributed by atoms with Gasteiger partial charge in [0.05, 0.1) is 0 Å². The van der Waals surface area contributed by atoms with Crippen LogP contribution in [0.2, 0.25) is 5.15 Å².